The number of aromatic nitrogens is 2. The molecule has 0 saturated heterocycles. The maximum absolute atomic E-state index is 14.3. The third-order valence-electron chi connectivity index (χ3n) is 4.73. The number of halogens is 1. The van der Waals surface area contributed by atoms with Gasteiger partial charge in [0.25, 0.3) is 5.56 Å². The monoisotopic (exact) mass is 409 g/mol. The van der Waals surface area contributed by atoms with Gasteiger partial charge < -0.3 is 10.1 Å². The van der Waals surface area contributed by atoms with Gasteiger partial charge in [-0.05, 0) is 43.5 Å². The number of rotatable bonds is 8. The van der Waals surface area contributed by atoms with E-state index < -0.39 is 11.4 Å². The van der Waals surface area contributed by atoms with Crippen LogP contribution in [0.15, 0.2) is 65.5 Å². The lowest BCUT2D eigenvalue weighted by molar-refractivity contribution is -0.122. The Labute approximate surface area is 174 Å². The third-order valence-corrected chi connectivity index (χ3v) is 4.73. The second-order valence-corrected chi connectivity index (χ2v) is 7.05. The minimum atomic E-state index is -0.522. The Morgan fingerprint density at radius 1 is 1.17 bits per heavy atom. The summed E-state index contributed by atoms with van der Waals surface area (Å²) >= 11 is 0. The fraction of sp³-hybridized carbons (Fsp3) is 0.261. The Hall–Kier alpha value is -3.48. The van der Waals surface area contributed by atoms with Gasteiger partial charge in [0.05, 0.1) is 12.8 Å². The van der Waals surface area contributed by atoms with E-state index in [1.54, 1.807) is 6.07 Å². The second kappa shape index (κ2) is 9.82. The van der Waals surface area contributed by atoms with Gasteiger partial charge in [-0.15, -0.1) is 0 Å². The minimum Gasteiger partial charge on any atom is -0.497 e. The number of carbonyl (C=O) groups excluding carboxylic acids is 1. The van der Waals surface area contributed by atoms with Gasteiger partial charge in [0.2, 0.25) is 5.91 Å². The second-order valence-electron chi connectivity index (χ2n) is 7.05. The van der Waals surface area contributed by atoms with Crippen molar-refractivity contribution >= 4 is 5.91 Å². The predicted octanol–water partition coefficient (Wildman–Crippen LogP) is 3.20. The summed E-state index contributed by atoms with van der Waals surface area (Å²) in [6.07, 6.45) is 1.61. The summed E-state index contributed by atoms with van der Waals surface area (Å²) in [7, 11) is 1.45. The number of hydrogen-bond acceptors (Lipinski definition) is 4. The summed E-state index contributed by atoms with van der Waals surface area (Å²) in [5, 5.41) is 7.04. The number of hydrogen-bond donors (Lipinski definition) is 1. The van der Waals surface area contributed by atoms with E-state index in [-0.39, 0.29) is 29.8 Å². The molecular weight excluding hydrogens is 385 g/mol. The highest BCUT2D eigenvalue weighted by molar-refractivity contribution is 5.76. The SMILES string of the molecule is COc1ccc(-c2ccc(=O)n(CC(=O)N[C@H](C)CCc3ccccc3)n2)c(F)c1. The van der Waals surface area contributed by atoms with E-state index in [4.69, 9.17) is 4.74 Å². The van der Waals surface area contributed by atoms with Crippen molar-refractivity contribution in [3.05, 3.63) is 82.4 Å². The molecule has 0 aliphatic heterocycles. The van der Waals surface area contributed by atoms with Gasteiger partial charge in [-0.2, -0.15) is 5.10 Å². The molecule has 3 aromatic rings. The normalized spacial score (nSPS) is 11.7. The zero-order valence-electron chi connectivity index (χ0n) is 17.0. The quantitative estimate of drug-likeness (QED) is 0.620. The fourth-order valence-electron chi connectivity index (χ4n) is 3.09. The van der Waals surface area contributed by atoms with Crippen molar-refractivity contribution in [2.24, 2.45) is 0 Å². The topological polar surface area (TPSA) is 73.2 Å². The summed E-state index contributed by atoms with van der Waals surface area (Å²) in [6.45, 7) is 1.68. The van der Waals surface area contributed by atoms with Crippen LogP contribution in [0.4, 0.5) is 4.39 Å². The minimum absolute atomic E-state index is 0.0596. The summed E-state index contributed by atoms with van der Waals surface area (Å²) < 4.78 is 20.4. The van der Waals surface area contributed by atoms with Crippen LogP contribution in [-0.2, 0) is 17.8 Å². The number of carbonyl (C=O) groups is 1. The van der Waals surface area contributed by atoms with Gasteiger partial charge in [0.1, 0.15) is 18.1 Å². The largest absolute Gasteiger partial charge is 0.497 e. The van der Waals surface area contributed by atoms with Crippen molar-refractivity contribution in [1.82, 2.24) is 15.1 Å². The molecule has 3 rings (SSSR count). The molecule has 0 saturated carbocycles. The average molecular weight is 409 g/mol. The number of aryl methyl sites for hydroxylation is 1. The molecule has 0 aliphatic rings. The van der Waals surface area contributed by atoms with Crippen LogP contribution in [0, 0.1) is 5.82 Å². The summed E-state index contributed by atoms with van der Waals surface area (Å²) in [6, 6.07) is 17.0. The standard InChI is InChI=1S/C23H24FN3O3/c1-16(8-9-17-6-4-3-5-7-17)25-22(28)15-27-23(29)13-12-21(26-27)19-11-10-18(30-2)14-20(19)24/h3-7,10-14,16H,8-9,15H2,1-2H3,(H,25,28)/t16-/m1/s1. The van der Waals surface area contributed by atoms with Crippen LogP contribution < -0.4 is 15.6 Å². The number of ether oxygens (including phenoxy) is 1. The van der Waals surface area contributed by atoms with Crippen LogP contribution in [0.25, 0.3) is 11.3 Å². The highest BCUT2D eigenvalue weighted by atomic mass is 19.1. The molecule has 1 N–H and O–H groups in total. The van der Waals surface area contributed by atoms with Crippen molar-refractivity contribution in [2.45, 2.75) is 32.4 Å². The van der Waals surface area contributed by atoms with Gasteiger partial charge in [-0.25, -0.2) is 9.07 Å². The van der Waals surface area contributed by atoms with E-state index in [9.17, 15) is 14.0 Å². The zero-order chi connectivity index (χ0) is 21.5. The van der Waals surface area contributed by atoms with Crippen molar-refractivity contribution in [1.29, 1.82) is 0 Å². The molecule has 0 unspecified atom stereocenters. The van der Waals surface area contributed by atoms with Crippen molar-refractivity contribution in [2.75, 3.05) is 7.11 Å². The Bertz CT molecular complexity index is 1070. The fourth-order valence-corrected chi connectivity index (χ4v) is 3.09. The van der Waals surface area contributed by atoms with Crippen molar-refractivity contribution in [3.8, 4) is 17.0 Å². The zero-order valence-corrected chi connectivity index (χ0v) is 17.0. The first-order chi connectivity index (χ1) is 14.5. The lowest BCUT2D eigenvalue weighted by atomic mass is 10.1. The van der Waals surface area contributed by atoms with Gasteiger partial charge in [-0.3, -0.25) is 9.59 Å². The molecule has 156 valence electrons. The van der Waals surface area contributed by atoms with E-state index in [0.29, 0.717) is 5.75 Å². The lowest BCUT2D eigenvalue weighted by Gasteiger charge is -2.14. The highest BCUT2D eigenvalue weighted by Crippen LogP contribution is 2.23. The van der Waals surface area contributed by atoms with E-state index in [0.717, 1.165) is 17.5 Å². The number of nitrogens with zero attached hydrogens (tertiary/aromatic N) is 2. The molecule has 1 heterocycles. The third kappa shape index (κ3) is 5.53. The Balaban J connectivity index is 1.65. The van der Waals surface area contributed by atoms with Gasteiger partial charge in [0.15, 0.2) is 0 Å². The smallest absolute Gasteiger partial charge is 0.267 e. The Kier molecular flexibility index (Phi) is 6.95. The molecule has 0 aliphatic carbocycles. The van der Waals surface area contributed by atoms with E-state index >= 15 is 0 Å². The van der Waals surface area contributed by atoms with Crippen LogP contribution in [0.2, 0.25) is 0 Å². The first-order valence-electron chi connectivity index (χ1n) is 9.71. The van der Waals surface area contributed by atoms with Crippen LogP contribution in [0.5, 0.6) is 5.75 Å². The first kappa shape index (κ1) is 21.2. The summed E-state index contributed by atoms with van der Waals surface area (Å²) in [5.74, 6) is -0.461. The van der Waals surface area contributed by atoms with Gasteiger partial charge in [0, 0.05) is 23.7 Å². The molecular formula is C23H24FN3O3. The maximum atomic E-state index is 14.3. The molecule has 7 heteroatoms. The summed E-state index contributed by atoms with van der Waals surface area (Å²) in [4.78, 5) is 24.5. The number of benzene rings is 2. The average Bonchev–Trinajstić information content (AvgIpc) is 2.74. The van der Waals surface area contributed by atoms with Crippen molar-refractivity contribution in [3.63, 3.8) is 0 Å². The molecule has 1 atom stereocenters. The molecule has 0 spiro atoms. The Morgan fingerprint density at radius 2 is 1.93 bits per heavy atom. The molecule has 30 heavy (non-hydrogen) atoms. The Morgan fingerprint density at radius 3 is 2.63 bits per heavy atom. The molecule has 1 aromatic heterocycles. The molecule has 6 nitrogen and oxygen atoms in total. The van der Waals surface area contributed by atoms with E-state index in [1.807, 2.05) is 37.3 Å². The lowest BCUT2D eigenvalue weighted by Crippen LogP contribution is -2.38. The molecule has 0 radical (unpaired) electrons. The van der Waals surface area contributed by atoms with E-state index in [1.165, 1.54) is 36.9 Å². The van der Waals surface area contributed by atoms with Crippen LogP contribution >= 0.6 is 0 Å². The molecule has 1 amide bonds. The first-order valence-corrected chi connectivity index (χ1v) is 9.71. The van der Waals surface area contributed by atoms with E-state index in [2.05, 4.69) is 10.4 Å². The predicted molar refractivity (Wildman–Crippen MR) is 113 cm³/mol. The number of methoxy groups -OCH3 is 1. The van der Waals surface area contributed by atoms with Crippen LogP contribution in [-0.4, -0.2) is 28.8 Å². The van der Waals surface area contributed by atoms with Crippen LogP contribution in [0.3, 0.4) is 0 Å². The van der Waals surface area contributed by atoms with Gasteiger partial charge >= 0.3 is 0 Å². The number of amides is 1. The maximum Gasteiger partial charge on any atom is 0.267 e. The van der Waals surface area contributed by atoms with Crippen molar-refractivity contribution < 1.29 is 13.9 Å². The molecule has 2 aromatic carbocycles. The highest BCUT2D eigenvalue weighted by Gasteiger charge is 2.13. The molecule has 0 fully saturated rings. The summed E-state index contributed by atoms with van der Waals surface area (Å²) in [5.41, 5.74) is 1.26. The molecule has 0 bridgehead atoms. The van der Waals surface area contributed by atoms with Gasteiger partial charge in [-0.1, -0.05) is 30.3 Å². The number of nitrogens with one attached hydrogen (secondary N) is 1. The van der Waals surface area contributed by atoms with Crippen LogP contribution in [0.1, 0.15) is 18.9 Å².